The molecule has 0 spiro atoms. The number of aryl methyl sites for hydroxylation is 1. The first kappa shape index (κ1) is 13.8. The van der Waals surface area contributed by atoms with Crippen LogP contribution in [0.4, 0.5) is 8.78 Å². The van der Waals surface area contributed by atoms with Crippen LogP contribution in [0.1, 0.15) is 12.4 Å². The van der Waals surface area contributed by atoms with E-state index in [4.69, 9.17) is 23.2 Å². The molecule has 0 bridgehead atoms. The lowest BCUT2D eigenvalue weighted by atomic mass is 10.3. The van der Waals surface area contributed by atoms with Crippen molar-refractivity contribution in [1.82, 2.24) is 14.3 Å². The first-order valence-electron chi connectivity index (χ1n) is 4.95. The molecule has 0 aliphatic rings. The molecule has 0 unspecified atom stereocenters. The maximum atomic E-state index is 12.7. The molecule has 0 N–H and O–H groups in total. The minimum Gasteiger partial charge on any atom is -0.288 e. The van der Waals surface area contributed by atoms with Crippen LogP contribution in [-0.2, 0) is 5.11 Å². The van der Waals surface area contributed by atoms with Crippen LogP contribution in [0, 0.1) is 6.92 Å². The number of rotatable bonds is 2. The molecule has 0 saturated carbocycles. The number of hydrogen-bond acceptors (Lipinski definition) is 2. The number of hydrogen-bond donors (Lipinski definition) is 0. The standard InChI is InChI=1S/C10H6Cl2F2N3O2/c1-4-15-17(10(19)16(4)9(13)14)7-3-8(18)6(12)2-5(7)11/h2-3,9H,1H3. The summed E-state index contributed by atoms with van der Waals surface area (Å²) in [5.74, 6) is -0.782. The Labute approximate surface area is 115 Å². The number of alkyl halides is 2. The van der Waals surface area contributed by atoms with Crippen molar-refractivity contribution in [3.05, 3.63) is 38.5 Å². The first-order valence-corrected chi connectivity index (χ1v) is 5.71. The summed E-state index contributed by atoms with van der Waals surface area (Å²) in [6.07, 6.45) is 0. The highest BCUT2D eigenvalue weighted by molar-refractivity contribution is 6.36. The second kappa shape index (κ2) is 4.82. The largest absolute Gasteiger partial charge is 0.355 e. The van der Waals surface area contributed by atoms with Crippen molar-refractivity contribution in [3.63, 3.8) is 0 Å². The summed E-state index contributed by atoms with van der Waals surface area (Å²) in [6, 6.07) is 2.10. The Morgan fingerprint density at radius 1 is 1.26 bits per heavy atom. The van der Waals surface area contributed by atoms with E-state index in [1.54, 1.807) is 0 Å². The Bertz CT molecular complexity index is 697. The Morgan fingerprint density at radius 2 is 1.89 bits per heavy atom. The molecular formula is C10H6Cl2F2N3O2. The van der Waals surface area contributed by atoms with E-state index in [2.05, 4.69) is 5.10 Å². The summed E-state index contributed by atoms with van der Waals surface area (Å²) in [4.78, 5) is 11.8. The molecule has 0 amide bonds. The molecule has 9 heteroatoms. The van der Waals surface area contributed by atoms with Gasteiger partial charge in [-0.05, 0) is 13.0 Å². The van der Waals surface area contributed by atoms with E-state index in [-0.39, 0.29) is 26.1 Å². The first-order chi connectivity index (χ1) is 8.82. The van der Waals surface area contributed by atoms with E-state index in [0.29, 0.717) is 4.68 Å². The highest BCUT2D eigenvalue weighted by Crippen LogP contribution is 2.32. The molecule has 0 saturated heterocycles. The molecule has 1 heterocycles. The van der Waals surface area contributed by atoms with Crippen molar-refractivity contribution in [2.24, 2.45) is 0 Å². The van der Waals surface area contributed by atoms with Crippen LogP contribution >= 0.6 is 23.2 Å². The topological polar surface area (TPSA) is 59.7 Å². The lowest BCUT2D eigenvalue weighted by Crippen LogP contribution is -2.24. The van der Waals surface area contributed by atoms with Crippen molar-refractivity contribution < 1.29 is 13.9 Å². The van der Waals surface area contributed by atoms with E-state index < -0.39 is 18.0 Å². The van der Waals surface area contributed by atoms with Crippen molar-refractivity contribution in [3.8, 4) is 11.4 Å². The highest BCUT2D eigenvalue weighted by Gasteiger charge is 2.20. The molecule has 0 atom stereocenters. The van der Waals surface area contributed by atoms with E-state index in [9.17, 15) is 18.7 Å². The summed E-state index contributed by atoms with van der Waals surface area (Å²) in [5, 5.41) is 14.9. The molecule has 1 aromatic carbocycles. The lowest BCUT2D eigenvalue weighted by molar-refractivity contribution is 0.0640. The van der Waals surface area contributed by atoms with Crippen LogP contribution in [0.15, 0.2) is 16.9 Å². The zero-order chi connectivity index (χ0) is 14.3. The monoisotopic (exact) mass is 308 g/mol. The molecule has 5 nitrogen and oxygen atoms in total. The fraction of sp³-hybridized carbons (Fsp3) is 0.200. The number of aromatic nitrogens is 3. The van der Waals surface area contributed by atoms with E-state index in [0.717, 1.165) is 12.1 Å². The van der Waals surface area contributed by atoms with Gasteiger partial charge in [0.1, 0.15) is 5.82 Å². The average Bonchev–Trinajstić information content (AvgIpc) is 2.59. The normalized spacial score (nSPS) is 11.3. The number of halogens is 4. The van der Waals surface area contributed by atoms with Gasteiger partial charge in [0.05, 0.1) is 15.7 Å². The molecule has 2 aromatic rings. The smallest absolute Gasteiger partial charge is 0.288 e. The minimum atomic E-state index is -3.03. The highest BCUT2D eigenvalue weighted by atomic mass is 35.5. The van der Waals surface area contributed by atoms with E-state index >= 15 is 0 Å². The average molecular weight is 309 g/mol. The predicted molar refractivity (Wildman–Crippen MR) is 64.0 cm³/mol. The van der Waals surface area contributed by atoms with Gasteiger partial charge in [-0.3, -0.25) is 5.11 Å². The molecule has 1 aromatic heterocycles. The Morgan fingerprint density at radius 3 is 2.42 bits per heavy atom. The molecule has 1 radical (unpaired) electrons. The van der Waals surface area contributed by atoms with Crippen LogP contribution in [-0.4, -0.2) is 14.3 Å². The van der Waals surface area contributed by atoms with Gasteiger partial charge < -0.3 is 0 Å². The minimum absolute atomic E-state index is 0.0365. The second-order valence-electron chi connectivity index (χ2n) is 3.62. The molecular weight excluding hydrogens is 303 g/mol. The zero-order valence-electron chi connectivity index (χ0n) is 9.40. The summed E-state index contributed by atoms with van der Waals surface area (Å²) in [6.45, 7) is -1.79. The van der Waals surface area contributed by atoms with E-state index in [1.165, 1.54) is 6.92 Å². The van der Waals surface area contributed by atoms with Crippen molar-refractivity contribution in [2.75, 3.05) is 0 Å². The van der Waals surface area contributed by atoms with Crippen LogP contribution < -0.4 is 5.69 Å². The van der Waals surface area contributed by atoms with Gasteiger partial charge in [0.25, 0.3) is 0 Å². The van der Waals surface area contributed by atoms with Gasteiger partial charge in [-0.15, -0.1) is 5.10 Å². The predicted octanol–water partition coefficient (Wildman–Crippen LogP) is 3.19. The maximum Gasteiger partial charge on any atom is 0.355 e. The van der Waals surface area contributed by atoms with Gasteiger partial charge in [-0.25, -0.2) is 9.36 Å². The Balaban J connectivity index is 2.70. The van der Waals surface area contributed by atoms with Crippen LogP contribution in [0.25, 0.3) is 5.69 Å². The molecule has 0 fully saturated rings. The fourth-order valence-electron chi connectivity index (χ4n) is 1.54. The summed E-state index contributed by atoms with van der Waals surface area (Å²) < 4.78 is 26.1. The Kier molecular flexibility index (Phi) is 3.51. The van der Waals surface area contributed by atoms with Crippen LogP contribution in [0.3, 0.4) is 0 Å². The fourth-order valence-corrected chi connectivity index (χ4v) is 2.00. The van der Waals surface area contributed by atoms with Crippen LogP contribution in [0.5, 0.6) is 5.75 Å². The number of benzene rings is 1. The third-order valence-corrected chi connectivity index (χ3v) is 3.00. The van der Waals surface area contributed by atoms with Gasteiger partial charge in [0.2, 0.25) is 0 Å². The maximum absolute atomic E-state index is 12.7. The lowest BCUT2D eigenvalue weighted by Gasteiger charge is -2.03. The SMILES string of the molecule is Cc1nn(-c2cc([O])c(Cl)cc2Cl)c(=O)n1C(F)F. The van der Waals surface area contributed by atoms with E-state index in [1.807, 2.05) is 0 Å². The quantitative estimate of drug-likeness (QED) is 0.855. The second-order valence-corrected chi connectivity index (χ2v) is 4.44. The molecule has 19 heavy (non-hydrogen) atoms. The van der Waals surface area contributed by atoms with Gasteiger partial charge in [-0.2, -0.15) is 13.5 Å². The molecule has 0 aliphatic heterocycles. The summed E-state index contributed by atoms with van der Waals surface area (Å²) >= 11 is 11.4. The van der Waals surface area contributed by atoms with Crippen molar-refractivity contribution in [1.29, 1.82) is 0 Å². The number of nitrogens with zero attached hydrogens (tertiary/aromatic N) is 3. The summed E-state index contributed by atoms with van der Waals surface area (Å²) in [5.41, 5.74) is -1.18. The van der Waals surface area contributed by atoms with Gasteiger partial charge in [-0.1, -0.05) is 23.2 Å². The molecule has 2 rings (SSSR count). The molecule has 101 valence electrons. The molecule has 0 aliphatic carbocycles. The van der Waals surface area contributed by atoms with Gasteiger partial charge in [0, 0.05) is 6.07 Å². The third kappa shape index (κ3) is 2.31. The third-order valence-electron chi connectivity index (χ3n) is 2.41. The summed E-state index contributed by atoms with van der Waals surface area (Å²) in [7, 11) is 0. The van der Waals surface area contributed by atoms with Crippen LogP contribution in [0.2, 0.25) is 10.0 Å². The van der Waals surface area contributed by atoms with Gasteiger partial charge >= 0.3 is 12.2 Å². The Hall–Kier alpha value is -1.60. The van der Waals surface area contributed by atoms with Crippen molar-refractivity contribution >= 4 is 23.2 Å². The van der Waals surface area contributed by atoms with Crippen molar-refractivity contribution in [2.45, 2.75) is 13.5 Å². The van der Waals surface area contributed by atoms with Gasteiger partial charge in [0.15, 0.2) is 5.75 Å². The zero-order valence-corrected chi connectivity index (χ0v) is 10.9.